The zero-order valence-corrected chi connectivity index (χ0v) is 25.0. The largest absolute Gasteiger partial charge is 0.497 e. The van der Waals surface area contributed by atoms with Crippen molar-refractivity contribution in [1.82, 2.24) is 20.1 Å². The summed E-state index contributed by atoms with van der Waals surface area (Å²) in [6.45, 7) is -0.585. The summed E-state index contributed by atoms with van der Waals surface area (Å²) in [5, 5.41) is 3.66. The molecule has 0 atom stereocenters. The van der Waals surface area contributed by atoms with Crippen LogP contribution in [-0.4, -0.2) is 76.6 Å². The highest BCUT2D eigenvalue weighted by atomic mass is 16.5. The first-order valence-electron chi connectivity index (χ1n) is 16.0. The molecule has 3 aliphatic carbocycles. The van der Waals surface area contributed by atoms with E-state index in [0.717, 1.165) is 83.5 Å². The molecule has 0 unspecified atom stereocenters. The Morgan fingerprint density at radius 2 is 1.43 bits per heavy atom. The minimum Gasteiger partial charge on any atom is -0.497 e. The van der Waals surface area contributed by atoms with Gasteiger partial charge in [-0.1, -0.05) is 57.8 Å². The molecule has 0 aliphatic heterocycles. The number of methoxy groups -OCH3 is 1. The minimum atomic E-state index is -0.828. The van der Waals surface area contributed by atoms with Crippen molar-refractivity contribution in [1.29, 1.82) is 0 Å². The van der Waals surface area contributed by atoms with Crippen LogP contribution in [-0.2, 0) is 14.4 Å². The molecule has 3 aliphatic rings. The SMILES string of the molecule is COc1ccc2c(C(=O)C(=O)N(CC(=O)NC3CCCCC3)CC(=O)N(C3CCCCC3)C3CCCCC3)c[nH]c2c1. The fourth-order valence-electron chi connectivity index (χ4n) is 7.24. The number of nitrogens with one attached hydrogen (secondary N) is 2. The lowest BCUT2D eigenvalue weighted by Gasteiger charge is -2.42. The van der Waals surface area contributed by atoms with Gasteiger partial charge in [-0.05, 0) is 50.7 Å². The van der Waals surface area contributed by atoms with Gasteiger partial charge in [0.25, 0.3) is 11.7 Å². The number of Topliss-reactive ketones (excluding diaryl/α,β-unsaturated/α-hetero) is 1. The molecule has 3 saturated carbocycles. The van der Waals surface area contributed by atoms with Crippen LogP contribution in [0.4, 0.5) is 0 Å². The van der Waals surface area contributed by atoms with Gasteiger partial charge in [0, 0.05) is 41.3 Å². The second kappa shape index (κ2) is 14.2. The van der Waals surface area contributed by atoms with Gasteiger partial charge in [-0.2, -0.15) is 0 Å². The molecule has 42 heavy (non-hydrogen) atoms. The Balaban J connectivity index is 1.38. The van der Waals surface area contributed by atoms with Crippen molar-refractivity contribution in [2.75, 3.05) is 20.2 Å². The number of aromatic nitrogens is 1. The predicted octanol–water partition coefficient (Wildman–Crippen LogP) is 5.13. The molecule has 0 radical (unpaired) electrons. The number of amides is 3. The fourth-order valence-corrected chi connectivity index (χ4v) is 7.24. The van der Waals surface area contributed by atoms with E-state index in [1.165, 1.54) is 23.9 Å². The quantitative estimate of drug-likeness (QED) is 0.300. The highest BCUT2D eigenvalue weighted by Gasteiger charge is 2.36. The summed E-state index contributed by atoms with van der Waals surface area (Å²) >= 11 is 0. The Hall–Kier alpha value is -3.36. The van der Waals surface area contributed by atoms with Crippen molar-refractivity contribution in [2.24, 2.45) is 0 Å². The Morgan fingerprint density at radius 3 is 2.02 bits per heavy atom. The number of nitrogens with zero attached hydrogens (tertiary/aromatic N) is 2. The lowest BCUT2D eigenvalue weighted by molar-refractivity contribution is -0.144. The number of carbonyl (C=O) groups is 4. The minimum absolute atomic E-state index is 0.0687. The zero-order chi connectivity index (χ0) is 29.5. The summed E-state index contributed by atoms with van der Waals surface area (Å²) in [6, 6.07) is 5.62. The molecule has 228 valence electrons. The van der Waals surface area contributed by atoms with Crippen molar-refractivity contribution in [2.45, 2.75) is 114 Å². The average molecular weight is 579 g/mol. The first-order valence-corrected chi connectivity index (χ1v) is 16.0. The number of benzene rings is 1. The molecule has 9 nitrogen and oxygen atoms in total. The molecular formula is C33H46N4O5. The molecule has 5 rings (SSSR count). The van der Waals surface area contributed by atoms with Crippen molar-refractivity contribution in [3.8, 4) is 5.75 Å². The number of ether oxygens (including phenoxy) is 1. The molecule has 9 heteroatoms. The monoisotopic (exact) mass is 578 g/mol. The maximum absolute atomic E-state index is 14.1. The second-order valence-electron chi connectivity index (χ2n) is 12.4. The molecule has 1 aromatic carbocycles. The third-order valence-electron chi connectivity index (χ3n) is 9.47. The van der Waals surface area contributed by atoms with Crippen LogP contribution in [0.2, 0.25) is 0 Å². The Morgan fingerprint density at radius 1 is 0.833 bits per heavy atom. The van der Waals surface area contributed by atoms with Crippen LogP contribution < -0.4 is 10.1 Å². The molecule has 1 aromatic heterocycles. The van der Waals surface area contributed by atoms with Crippen LogP contribution in [0.1, 0.15) is 107 Å². The maximum Gasteiger partial charge on any atom is 0.295 e. The third-order valence-corrected chi connectivity index (χ3v) is 9.47. The molecule has 1 heterocycles. The smallest absolute Gasteiger partial charge is 0.295 e. The maximum atomic E-state index is 14.1. The third kappa shape index (κ3) is 7.16. The predicted molar refractivity (Wildman–Crippen MR) is 161 cm³/mol. The molecule has 2 aromatic rings. The average Bonchev–Trinajstić information content (AvgIpc) is 3.45. The van der Waals surface area contributed by atoms with Gasteiger partial charge in [0.1, 0.15) is 18.8 Å². The summed E-state index contributed by atoms with van der Waals surface area (Å²) < 4.78 is 5.28. The summed E-state index contributed by atoms with van der Waals surface area (Å²) in [4.78, 5) is 61.1. The standard InChI is InChI=1S/C33H46N4O5/c1-42-26-17-18-27-28(20-34-29(27)19-26)32(40)33(41)36(21-30(38)35-23-11-5-2-6-12-23)22-31(39)37(24-13-7-3-8-14-24)25-15-9-4-10-16-25/h17-20,23-25,34H,2-16,21-22H2,1H3,(H,35,38). The normalized spacial score (nSPS) is 18.9. The van der Waals surface area contributed by atoms with Crippen LogP contribution in [0.3, 0.4) is 0 Å². The molecular weight excluding hydrogens is 532 g/mol. The van der Waals surface area contributed by atoms with Crippen molar-refractivity contribution in [3.63, 3.8) is 0 Å². The van der Waals surface area contributed by atoms with Gasteiger partial charge in [0.15, 0.2) is 0 Å². The zero-order valence-electron chi connectivity index (χ0n) is 25.0. The fraction of sp³-hybridized carbons (Fsp3) is 0.636. The van der Waals surface area contributed by atoms with E-state index >= 15 is 0 Å². The van der Waals surface area contributed by atoms with Crippen molar-refractivity contribution >= 4 is 34.4 Å². The van der Waals surface area contributed by atoms with E-state index in [-0.39, 0.29) is 48.6 Å². The van der Waals surface area contributed by atoms with Crippen LogP contribution >= 0.6 is 0 Å². The number of carbonyl (C=O) groups excluding carboxylic acids is 4. The van der Waals surface area contributed by atoms with Gasteiger partial charge >= 0.3 is 0 Å². The molecule has 0 bridgehead atoms. The number of H-pyrrole nitrogens is 1. The summed E-state index contributed by atoms with van der Waals surface area (Å²) in [7, 11) is 1.57. The number of hydrogen-bond acceptors (Lipinski definition) is 5. The first-order chi connectivity index (χ1) is 20.4. The lowest BCUT2D eigenvalue weighted by atomic mass is 9.88. The van der Waals surface area contributed by atoms with Crippen LogP contribution in [0.5, 0.6) is 5.75 Å². The lowest BCUT2D eigenvalue weighted by Crippen LogP contribution is -2.55. The number of aromatic amines is 1. The van der Waals surface area contributed by atoms with E-state index in [2.05, 4.69) is 10.3 Å². The molecule has 0 saturated heterocycles. The first kappa shape index (κ1) is 30.1. The number of hydrogen-bond donors (Lipinski definition) is 2. The molecule has 3 amide bonds. The van der Waals surface area contributed by atoms with Crippen molar-refractivity contribution in [3.05, 3.63) is 30.0 Å². The summed E-state index contributed by atoms with van der Waals surface area (Å²) in [5.74, 6) is -1.39. The van der Waals surface area contributed by atoms with Gasteiger partial charge < -0.3 is 24.8 Å². The Bertz CT molecular complexity index is 1240. The van der Waals surface area contributed by atoms with Gasteiger partial charge in [-0.3, -0.25) is 19.2 Å². The molecule has 3 fully saturated rings. The van der Waals surface area contributed by atoms with Crippen LogP contribution in [0, 0.1) is 0 Å². The highest BCUT2D eigenvalue weighted by molar-refractivity contribution is 6.45. The van der Waals surface area contributed by atoms with E-state index in [1.54, 1.807) is 25.3 Å². The molecule has 0 spiro atoms. The second-order valence-corrected chi connectivity index (χ2v) is 12.4. The van der Waals surface area contributed by atoms with E-state index in [9.17, 15) is 19.2 Å². The molecule has 2 N–H and O–H groups in total. The van der Waals surface area contributed by atoms with Gasteiger partial charge in [-0.25, -0.2) is 0 Å². The van der Waals surface area contributed by atoms with Gasteiger partial charge in [-0.15, -0.1) is 0 Å². The Labute approximate surface area is 248 Å². The van der Waals surface area contributed by atoms with E-state index in [0.29, 0.717) is 16.7 Å². The number of rotatable bonds is 10. The van der Waals surface area contributed by atoms with E-state index < -0.39 is 11.7 Å². The highest BCUT2D eigenvalue weighted by Crippen LogP contribution is 2.31. The summed E-state index contributed by atoms with van der Waals surface area (Å²) in [5.41, 5.74) is 0.892. The van der Waals surface area contributed by atoms with Gasteiger partial charge in [0.05, 0.1) is 12.7 Å². The van der Waals surface area contributed by atoms with E-state index in [1.807, 2.05) is 4.90 Å². The number of ketones is 1. The summed E-state index contributed by atoms with van der Waals surface area (Å²) in [6.07, 6.45) is 17.2. The van der Waals surface area contributed by atoms with Gasteiger partial charge in [0.2, 0.25) is 11.8 Å². The topological polar surface area (TPSA) is 112 Å². The van der Waals surface area contributed by atoms with Crippen LogP contribution in [0.15, 0.2) is 24.4 Å². The van der Waals surface area contributed by atoms with Crippen molar-refractivity contribution < 1.29 is 23.9 Å². The number of fused-ring (bicyclic) bond motifs is 1. The Kier molecular flexibility index (Phi) is 10.2. The van der Waals surface area contributed by atoms with E-state index in [4.69, 9.17) is 4.74 Å². The van der Waals surface area contributed by atoms with Crippen LogP contribution in [0.25, 0.3) is 10.9 Å².